The molecular formula is C17H31IN4O2S. The van der Waals surface area contributed by atoms with Crippen LogP contribution >= 0.6 is 24.0 Å². The lowest BCUT2D eigenvalue weighted by Gasteiger charge is -2.18. The quantitative estimate of drug-likeness (QED) is 0.301. The van der Waals surface area contributed by atoms with Crippen LogP contribution in [0, 0.1) is 5.92 Å². The Morgan fingerprint density at radius 1 is 1.16 bits per heavy atom. The van der Waals surface area contributed by atoms with Gasteiger partial charge in [0.15, 0.2) is 5.96 Å². The molecule has 6 nitrogen and oxygen atoms in total. The number of hydrogen-bond acceptors (Lipinski definition) is 3. The highest BCUT2D eigenvalue weighted by Crippen LogP contribution is 2.09. The third-order valence-corrected chi connectivity index (χ3v) is 4.67. The molecule has 0 amide bonds. The van der Waals surface area contributed by atoms with E-state index in [1.54, 1.807) is 19.2 Å². The molecule has 0 saturated carbocycles. The zero-order valence-electron chi connectivity index (χ0n) is 15.5. The Hall–Kier alpha value is -0.870. The standard InChI is InChI=1S/C17H30N4O2S.HI/c1-13(2)5-6-14(3)21-17(19-4)20-12-11-15-7-9-16(10-8-15)24(18,22)23;/h7-10,13-14H,5-6,11-12H2,1-4H3,(H2,18,22,23)(H2,19,20,21);1H. The predicted molar refractivity (Wildman–Crippen MR) is 115 cm³/mol. The van der Waals surface area contributed by atoms with E-state index in [4.69, 9.17) is 5.14 Å². The SMILES string of the molecule is CN=C(NCCc1ccc(S(N)(=O)=O)cc1)NC(C)CCC(C)C.I. The van der Waals surface area contributed by atoms with Crippen molar-refractivity contribution >= 4 is 40.0 Å². The van der Waals surface area contributed by atoms with Crippen LogP contribution in [0.25, 0.3) is 0 Å². The third kappa shape index (κ3) is 10.0. The fourth-order valence-corrected chi connectivity index (χ4v) is 2.77. The van der Waals surface area contributed by atoms with Gasteiger partial charge in [-0.15, -0.1) is 24.0 Å². The van der Waals surface area contributed by atoms with E-state index in [0.717, 1.165) is 24.4 Å². The summed E-state index contributed by atoms with van der Waals surface area (Å²) in [5, 5.41) is 11.7. The zero-order chi connectivity index (χ0) is 18.2. The first-order chi connectivity index (χ1) is 11.2. The summed E-state index contributed by atoms with van der Waals surface area (Å²) < 4.78 is 22.5. The monoisotopic (exact) mass is 482 g/mol. The third-order valence-electron chi connectivity index (χ3n) is 3.74. The molecule has 1 aromatic carbocycles. The van der Waals surface area contributed by atoms with Crippen molar-refractivity contribution in [1.29, 1.82) is 0 Å². The van der Waals surface area contributed by atoms with Crippen molar-refractivity contribution in [1.82, 2.24) is 10.6 Å². The molecule has 0 heterocycles. The van der Waals surface area contributed by atoms with Crippen LogP contribution in [-0.4, -0.2) is 34.0 Å². The number of guanidine groups is 1. The first kappa shape index (κ1) is 24.1. The molecule has 0 saturated heterocycles. The topological polar surface area (TPSA) is 96.6 Å². The maximum Gasteiger partial charge on any atom is 0.238 e. The van der Waals surface area contributed by atoms with Crippen LogP contribution in [0.15, 0.2) is 34.2 Å². The number of aliphatic imine (C=N–C) groups is 1. The highest BCUT2D eigenvalue weighted by atomic mass is 127. The summed E-state index contributed by atoms with van der Waals surface area (Å²) in [6.45, 7) is 7.31. The molecule has 0 spiro atoms. The van der Waals surface area contributed by atoms with Crippen molar-refractivity contribution in [2.24, 2.45) is 16.0 Å². The van der Waals surface area contributed by atoms with Gasteiger partial charge in [0.1, 0.15) is 0 Å². The number of benzene rings is 1. The molecule has 4 N–H and O–H groups in total. The molecule has 1 aromatic rings. The number of rotatable bonds is 8. The largest absolute Gasteiger partial charge is 0.356 e. The lowest BCUT2D eigenvalue weighted by atomic mass is 10.0. The van der Waals surface area contributed by atoms with Crippen molar-refractivity contribution in [3.63, 3.8) is 0 Å². The summed E-state index contributed by atoms with van der Waals surface area (Å²) >= 11 is 0. The van der Waals surface area contributed by atoms with Gasteiger partial charge in [0, 0.05) is 19.6 Å². The average Bonchev–Trinajstić information content (AvgIpc) is 2.51. The van der Waals surface area contributed by atoms with Gasteiger partial charge in [-0.1, -0.05) is 26.0 Å². The van der Waals surface area contributed by atoms with Crippen molar-refractivity contribution in [3.8, 4) is 0 Å². The van der Waals surface area contributed by atoms with Gasteiger partial charge in [-0.3, -0.25) is 4.99 Å². The molecule has 1 atom stereocenters. The summed E-state index contributed by atoms with van der Waals surface area (Å²) in [6.07, 6.45) is 3.06. The van der Waals surface area contributed by atoms with Gasteiger partial charge in [-0.05, 0) is 49.8 Å². The second-order valence-electron chi connectivity index (χ2n) is 6.45. The van der Waals surface area contributed by atoms with Gasteiger partial charge in [-0.25, -0.2) is 13.6 Å². The van der Waals surface area contributed by atoms with Crippen molar-refractivity contribution in [2.75, 3.05) is 13.6 Å². The second kappa shape index (κ2) is 11.7. The summed E-state index contributed by atoms with van der Waals surface area (Å²) in [6, 6.07) is 7.00. The van der Waals surface area contributed by atoms with Crippen LogP contribution in [-0.2, 0) is 16.4 Å². The Labute approximate surface area is 169 Å². The molecule has 1 unspecified atom stereocenters. The normalized spacial score (nSPS) is 13.3. The van der Waals surface area contributed by atoms with E-state index in [0.29, 0.717) is 18.5 Å². The van der Waals surface area contributed by atoms with E-state index in [1.807, 2.05) is 0 Å². The van der Waals surface area contributed by atoms with Gasteiger partial charge in [0.2, 0.25) is 10.0 Å². The molecule has 25 heavy (non-hydrogen) atoms. The summed E-state index contributed by atoms with van der Waals surface area (Å²) in [4.78, 5) is 4.37. The number of nitrogens with two attached hydrogens (primary N) is 1. The van der Waals surface area contributed by atoms with Crippen LogP contribution in [0.1, 0.15) is 39.2 Å². The minimum Gasteiger partial charge on any atom is -0.356 e. The second-order valence-corrected chi connectivity index (χ2v) is 8.02. The number of hydrogen-bond donors (Lipinski definition) is 3. The van der Waals surface area contributed by atoms with Crippen LogP contribution < -0.4 is 15.8 Å². The highest BCUT2D eigenvalue weighted by molar-refractivity contribution is 14.0. The molecule has 0 aliphatic heterocycles. The number of primary sulfonamides is 1. The highest BCUT2D eigenvalue weighted by Gasteiger charge is 2.08. The fourth-order valence-electron chi connectivity index (χ4n) is 2.25. The molecule has 0 aromatic heterocycles. The molecule has 0 fully saturated rings. The van der Waals surface area contributed by atoms with Crippen LogP contribution in [0.4, 0.5) is 0 Å². The van der Waals surface area contributed by atoms with E-state index < -0.39 is 10.0 Å². The predicted octanol–water partition coefficient (Wildman–Crippen LogP) is 2.48. The van der Waals surface area contributed by atoms with Gasteiger partial charge in [-0.2, -0.15) is 0 Å². The van der Waals surface area contributed by atoms with E-state index >= 15 is 0 Å². The van der Waals surface area contributed by atoms with Crippen LogP contribution in [0.5, 0.6) is 0 Å². The molecule has 1 rings (SSSR count). The Morgan fingerprint density at radius 2 is 1.76 bits per heavy atom. The van der Waals surface area contributed by atoms with Crippen LogP contribution in [0.2, 0.25) is 0 Å². The lowest BCUT2D eigenvalue weighted by Crippen LogP contribution is -2.43. The fraction of sp³-hybridized carbons (Fsp3) is 0.588. The first-order valence-electron chi connectivity index (χ1n) is 8.31. The van der Waals surface area contributed by atoms with Crippen molar-refractivity contribution < 1.29 is 8.42 Å². The van der Waals surface area contributed by atoms with Gasteiger partial charge < -0.3 is 10.6 Å². The minimum absolute atomic E-state index is 0. The maximum absolute atomic E-state index is 11.2. The number of nitrogens with one attached hydrogen (secondary N) is 2. The molecule has 0 radical (unpaired) electrons. The minimum atomic E-state index is -3.63. The summed E-state index contributed by atoms with van der Waals surface area (Å²) in [5.74, 6) is 1.48. The average molecular weight is 482 g/mol. The maximum atomic E-state index is 11.2. The Balaban J connectivity index is 0.00000576. The van der Waals surface area contributed by atoms with E-state index in [2.05, 4.69) is 36.4 Å². The Bertz CT molecular complexity index is 631. The van der Waals surface area contributed by atoms with E-state index in [9.17, 15) is 8.42 Å². The van der Waals surface area contributed by atoms with Crippen molar-refractivity contribution in [2.45, 2.75) is 51.0 Å². The van der Waals surface area contributed by atoms with Gasteiger partial charge in [0.05, 0.1) is 4.90 Å². The number of halogens is 1. The lowest BCUT2D eigenvalue weighted by molar-refractivity contribution is 0.489. The molecule has 0 aliphatic carbocycles. The Morgan fingerprint density at radius 3 is 2.24 bits per heavy atom. The van der Waals surface area contributed by atoms with Gasteiger partial charge in [0.25, 0.3) is 0 Å². The van der Waals surface area contributed by atoms with E-state index in [-0.39, 0.29) is 28.9 Å². The first-order valence-corrected chi connectivity index (χ1v) is 9.86. The van der Waals surface area contributed by atoms with Crippen molar-refractivity contribution in [3.05, 3.63) is 29.8 Å². The summed E-state index contributed by atoms with van der Waals surface area (Å²) in [5.41, 5.74) is 1.04. The summed E-state index contributed by atoms with van der Waals surface area (Å²) in [7, 11) is -1.87. The number of sulfonamides is 1. The molecule has 144 valence electrons. The molecule has 0 aliphatic rings. The molecule has 0 bridgehead atoms. The smallest absolute Gasteiger partial charge is 0.238 e. The Kier molecular flexibility index (Phi) is 11.3. The van der Waals surface area contributed by atoms with Gasteiger partial charge >= 0.3 is 0 Å². The molecular weight excluding hydrogens is 451 g/mol. The zero-order valence-corrected chi connectivity index (χ0v) is 18.6. The number of nitrogens with zero attached hydrogens (tertiary/aromatic N) is 1. The van der Waals surface area contributed by atoms with E-state index in [1.165, 1.54) is 18.6 Å². The van der Waals surface area contributed by atoms with Crippen LogP contribution in [0.3, 0.4) is 0 Å². The molecule has 8 heteroatoms.